The molecule has 0 aliphatic heterocycles. The maximum atomic E-state index is 11.1. The molecule has 0 radical (unpaired) electrons. The number of aliphatic hydroxyl groups is 1. The molecule has 0 fully saturated rings. The maximum Gasteiger partial charge on any atom is 0.165 e. The Balaban J connectivity index is 2.96. The SMILES string of the molecule is CC=CC1=C(C)[C@@H](O)CC1=O. The van der Waals surface area contributed by atoms with Gasteiger partial charge in [-0.2, -0.15) is 0 Å². The first-order chi connectivity index (χ1) is 5.16. The number of carbonyl (C=O) groups excluding carboxylic acids is 1. The van der Waals surface area contributed by atoms with Gasteiger partial charge in [-0.1, -0.05) is 12.2 Å². The second kappa shape index (κ2) is 3.01. The van der Waals surface area contributed by atoms with E-state index in [0.717, 1.165) is 5.57 Å². The lowest BCUT2D eigenvalue weighted by Crippen LogP contribution is -2.03. The molecule has 1 rings (SSSR count). The highest BCUT2D eigenvalue weighted by Crippen LogP contribution is 2.23. The van der Waals surface area contributed by atoms with Gasteiger partial charge in [0.05, 0.1) is 6.10 Å². The molecular formula is C9H12O2. The summed E-state index contributed by atoms with van der Waals surface area (Å²) in [5, 5.41) is 9.25. The fourth-order valence-corrected chi connectivity index (χ4v) is 1.23. The number of hydrogen-bond acceptors (Lipinski definition) is 2. The van der Waals surface area contributed by atoms with E-state index in [-0.39, 0.29) is 12.2 Å². The van der Waals surface area contributed by atoms with Crippen molar-refractivity contribution in [1.82, 2.24) is 0 Å². The predicted molar refractivity (Wildman–Crippen MR) is 43.1 cm³/mol. The van der Waals surface area contributed by atoms with Crippen molar-refractivity contribution in [1.29, 1.82) is 0 Å². The summed E-state index contributed by atoms with van der Waals surface area (Å²) in [5.41, 5.74) is 1.48. The minimum absolute atomic E-state index is 0.0492. The third kappa shape index (κ3) is 1.40. The normalized spacial score (nSPS) is 25.7. The van der Waals surface area contributed by atoms with Crippen LogP contribution in [0.4, 0.5) is 0 Å². The monoisotopic (exact) mass is 152 g/mol. The van der Waals surface area contributed by atoms with Crippen molar-refractivity contribution in [2.75, 3.05) is 0 Å². The molecule has 0 saturated carbocycles. The molecular weight excluding hydrogens is 140 g/mol. The van der Waals surface area contributed by atoms with Gasteiger partial charge in [0.2, 0.25) is 0 Å². The molecule has 0 spiro atoms. The van der Waals surface area contributed by atoms with Crippen LogP contribution in [0.1, 0.15) is 20.3 Å². The molecule has 2 heteroatoms. The Morgan fingerprint density at radius 1 is 1.64 bits per heavy atom. The van der Waals surface area contributed by atoms with Crippen LogP contribution in [-0.2, 0) is 4.79 Å². The lowest BCUT2D eigenvalue weighted by molar-refractivity contribution is -0.115. The first-order valence-electron chi connectivity index (χ1n) is 3.71. The largest absolute Gasteiger partial charge is 0.388 e. The number of hydrogen-bond donors (Lipinski definition) is 1. The Morgan fingerprint density at radius 2 is 2.27 bits per heavy atom. The second-order valence-electron chi connectivity index (χ2n) is 2.74. The van der Waals surface area contributed by atoms with Gasteiger partial charge in [0.1, 0.15) is 0 Å². The van der Waals surface area contributed by atoms with Crippen molar-refractivity contribution in [3.63, 3.8) is 0 Å². The fraction of sp³-hybridized carbons (Fsp3) is 0.444. The topological polar surface area (TPSA) is 37.3 Å². The summed E-state index contributed by atoms with van der Waals surface area (Å²) in [6.45, 7) is 3.66. The minimum Gasteiger partial charge on any atom is -0.388 e. The van der Waals surface area contributed by atoms with Gasteiger partial charge < -0.3 is 5.11 Å². The molecule has 0 saturated heterocycles. The lowest BCUT2D eigenvalue weighted by Gasteiger charge is -1.98. The summed E-state index contributed by atoms with van der Waals surface area (Å²) in [6, 6.07) is 0. The molecule has 11 heavy (non-hydrogen) atoms. The van der Waals surface area contributed by atoms with Crippen molar-refractivity contribution < 1.29 is 9.90 Å². The van der Waals surface area contributed by atoms with E-state index in [0.29, 0.717) is 5.57 Å². The zero-order chi connectivity index (χ0) is 8.43. The number of aliphatic hydroxyl groups excluding tert-OH is 1. The molecule has 1 aliphatic rings. The number of rotatable bonds is 1. The Hall–Kier alpha value is -0.890. The molecule has 0 aromatic carbocycles. The van der Waals surface area contributed by atoms with Gasteiger partial charge in [0.15, 0.2) is 5.78 Å². The van der Waals surface area contributed by atoms with Gasteiger partial charge in [-0.3, -0.25) is 4.79 Å². The zero-order valence-electron chi connectivity index (χ0n) is 6.79. The molecule has 0 aromatic rings. The molecule has 0 bridgehead atoms. The molecule has 0 amide bonds. The van der Waals surface area contributed by atoms with Crippen LogP contribution in [0.25, 0.3) is 0 Å². The number of Topliss-reactive ketones (excluding diaryl/α,β-unsaturated/α-hetero) is 1. The van der Waals surface area contributed by atoms with E-state index in [9.17, 15) is 9.90 Å². The zero-order valence-corrected chi connectivity index (χ0v) is 6.79. The molecule has 2 nitrogen and oxygen atoms in total. The average molecular weight is 152 g/mol. The smallest absolute Gasteiger partial charge is 0.165 e. The lowest BCUT2D eigenvalue weighted by atomic mass is 10.1. The quantitative estimate of drug-likeness (QED) is 0.613. The molecule has 1 atom stereocenters. The highest BCUT2D eigenvalue weighted by Gasteiger charge is 2.25. The molecule has 1 N–H and O–H groups in total. The summed E-state index contributed by atoms with van der Waals surface area (Å²) < 4.78 is 0. The van der Waals surface area contributed by atoms with E-state index in [1.807, 2.05) is 13.0 Å². The van der Waals surface area contributed by atoms with Gasteiger partial charge in [-0.25, -0.2) is 0 Å². The molecule has 0 heterocycles. The van der Waals surface area contributed by atoms with E-state index in [1.54, 1.807) is 13.0 Å². The van der Waals surface area contributed by atoms with Crippen LogP contribution in [0.2, 0.25) is 0 Å². The minimum atomic E-state index is -0.548. The Kier molecular flexibility index (Phi) is 2.25. The maximum absolute atomic E-state index is 11.1. The van der Waals surface area contributed by atoms with Gasteiger partial charge >= 0.3 is 0 Å². The summed E-state index contributed by atoms with van der Waals surface area (Å²) in [7, 11) is 0. The van der Waals surface area contributed by atoms with Crippen LogP contribution in [0.15, 0.2) is 23.3 Å². The van der Waals surface area contributed by atoms with Gasteiger partial charge in [-0.15, -0.1) is 0 Å². The van der Waals surface area contributed by atoms with Crippen molar-refractivity contribution in [2.24, 2.45) is 0 Å². The van der Waals surface area contributed by atoms with Crippen LogP contribution in [0.5, 0.6) is 0 Å². The second-order valence-corrected chi connectivity index (χ2v) is 2.74. The van der Waals surface area contributed by atoms with Crippen LogP contribution >= 0.6 is 0 Å². The molecule has 0 unspecified atom stereocenters. The van der Waals surface area contributed by atoms with E-state index in [1.165, 1.54) is 0 Å². The summed E-state index contributed by atoms with van der Waals surface area (Å²) >= 11 is 0. The Morgan fingerprint density at radius 3 is 2.64 bits per heavy atom. The number of ketones is 1. The summed E-state index contributed by atoms with van der Waals surface area (Å²) in [5.74, 6) is 0.0492. The predicted octanol–water partition coefficient (Wildman–Crippen LogP) is 1.21. The van der Waals surface area contributed by atoms with Crippen LogP contribution in [-0.4, -0.2) is 17.0 Å². The molecule has 0 aromatic heterocycles. The van der Waals surface area contributed by atoms with Crippen molar-refractivity contribution >= 4 is 5.78 Å². The number of allylic oxidation sites excluding steroid dienone is 3. The first kappa shape index (κ1) is 8.21. The van der Waals surface area contributed by atoms with Crippen molar-refractivity contribution in [3.8, 4) is 0 Å². The molecule has 60 valence electrons. The first-order valence-corrected chi connectivity index (χ1v) is 3.71. The van der Waals surface area contributed by atoms with E-state index in [2.05, 4.69) is 0 Å². The average Bonchev–Trinajstić information content (AvgIpc) is 2.17. The standard InChI is InChI=1S/C9H12O2/c1-3-4-7-6(2)8(10)5-9(7)11/h3-4,8,10H,5H2,1-2H3/t8-/m0/s1. The molecule has 1 aliphatic carbocycles. The van der Waals surface area contributed by atoms with Crippen LogP contribution in [0, 0.1) is 0 Å². The van der Waals surface area contributed by atoms with Gasteiger partial charge in [-0.05, 0) is 19.4 Å². The fourth-order valence-electron chi connectivity index (χ4n) is 1.23. The Bertz CT molecular complexity index is 236. The van der Waals surface area contributed by atoms with Crippen LogP contribution < -0.4 is 0 Å². The summed E-state index contributed by atoms with van der Waals surface area (Å²) in [4.78, 5) is 11.1. The van der Waals surface area contributed by atoms with Gasteiger partial charge in [0.25, 0.3) is 0 Å². The van der Waals surface area contributed by atoms with E-state index in [4.69, 9.17) is 0 Å². The third-order valence-electron chi connectivity index (χ3n) is 1.94. The number of carbonyl (C=O) groups is 1. The van der Waals surface area contributed by atoms with E-state index >= 15 is 0 Å². The van der Waals surface area contributed by atoms with Crippen molar-refractivity contribution in [2.45, 2.75) is 26.4 Å². The van der Waals surface area contributed by atoms with Crippen molar-refractivity contribution in [3.05, 3.63) is 23.3 Å². The Labute approximate surface area is 66.2 Å². The van der Waals surface area contributed by atoms with Gasteiger partial charge in [0, 0.05) is 12.0 Å². The highest BCUT2D eigenvalue weighted by atomic mass is 16.3. The highest BCUT2D eigenvalue weighted by molar-refractivity contribution is 6.01. The van der Waals surface area contributed by atoms with Crippen LogP contribution in [0.3, 0.4) is 0 Å². The van der Waals surface area contributed by atoms with E-state index < -0.39 is 6.10 Å². The third-order valence-corrected chi connectivity index (χ3v) is 1.94. The summed E-state index contributed by atoms with van der Waals surface area (Å²) in [6.07, 6.45) is 3.28.